The molecule has 0 aliphatic carbocycles. The first-order valence-corrected chi connectivity index (χ1v) is 7.71. The van der Waals surface area contributed by atoms with Crippen LogP contribution in [0.4, 0.5) is 5.69 Å². The van der Waals surface area contributed by atoms with Crippen LogP contribution in [0.15, 0.2) is 18.2 Å². The summed E-state index contributed by atoms with van der Waals surface area (Å²) in [6, 6.07) is 4.15. The molecule has 0 saturated carbocycles. The maximum absolute atomic E-state index is 12.1. The van der Waals surface area contributed by atoms with E-state index >= 15 is 0 Å². The van der Waals surface area contributed by atoms with Gasteiger partial charge in [0.15, 0.2) is 11.5 Å². The van der Waals surface area contributed by atoms with Crippen molar-refractivity contribution >= 4 is 11.7 Å². The van der Waals surface area contributed by atoms with Gasteiger partial charge in [-0.3, -0.25) is 14.9 Å². The molecule has 0 fully saturated rings. The quantitative estimate of drug-likeness (QED) is 0.407. The summed E-state index contributed by atoms with van der Waals surface area (Å²) in [5.41, 5.74) is -1.61. The minimum atomic E-state index is -0.765. The first-order valence-electron chi connectivity index (χ1n) is 7.71. The molecule has 0 aliphatic heterocycles. The summed E-state index contributed by atoms with van der Waals surface area (Å²) >= 11 is 0. The summed E-state index contributed by atoms with van der Waals surface area (Å²) in [5, 5.41) is 11.0. The van der Waals surface area contributed by atoms with Crippen LogP contribution in [0.5, 0.6) is 11.5 Å². The summed E-state index contributed by atoms with van der Waals surface area (Å²) in [7, 11) is 1.46. The minimum absolute atomic E-state index is 0.0914. The van der Waals surface area contributed by atoms with E-state index in [1.54, 1.807) is 20.8 Å². The summed E-state index contributed by atoms with van der Waals surface area (Å²) in [5.74, 6) is 0.339. The van der Waals surface area contributed by atoms with Gasteiger partial charge in [-0.05, 0) is 40.7 Å². The zero-order valence-electron chi connectivity index (χ0n) is 15.0. The second-order valence-corrected chi connectivity index (χ2v) is 6.74. The first kappa shape index (κ1) is 19.7. The van der Waals surface area contributed by atoms with Gasteiger partial charge in [-0.2, -0.15) is 0 Å². The fourth-order valence-corrected chi connectivity index (χ4v) is 2.66. The molecule has 0 amide bonds. The predicted molar refractivity (Wildman–Crippen MR) is 89.4 cm³/mol. The lowest BCUT2D eigenvalue weighted by atomic mass is 9.81. The number of methoxy groups -OCH3 is 1. The average molecular weight is 339 g/mol. The molecule has 0 aromatic heterocycles. The van der Waals surface area contributed by atoms with Gasteiger partial charge < -0.3 is 14.2 Å². The molecule has 0 bridgehead atoms. The standard InChI is InChI=1S/C17H25NO6/c1-7-23-15(19)16(2,3)11-17(4,5)24-14-10-12(18(20)21)8-9-13(14)22-6/h8-10H,7,11H2,1-6H3. The number of ether oxygens (including phenoxy) is 3. The van der Waals surface area contributed by atoms with Crippen LogP contribution >= 0.6 is 0 Å². The van der Waals surface area contributed by atoms with Crippen molar-refractivity contribution in [3.05, 3.63) is 28.3 Å². The normalized spacial score (nSPS) is 11.8. The van der Waals surface area contributed by atoms with Gasteiger partial charge in [0.1, 0.15) is 5.60 Å². The van der Waals surface area contributed by atoms with Gasteiger partial charge in [0, 0.05) is 12.5 Å². The Bertz CT molecular complexity index is 609. The number of esters is 1. The number of hydrogen-bond donors (Lipinski definition) is 0. The Labute approximate surface area is 142 Å². The molecule has 0 atom stereocenters. The van der Waals surface area contributed by atoms with Crippen LogP contribution in [-0.4, -0.2) is 30.2 Å². The highest BCUT2D eigenvalue weighted by molar-refractivity contribution is 5.76. The SMILES string of the molecule is CCOC(=O)C(C)(C)CC(C)(C)Oc1cc([N+](=O)[O-])ccc1OC. The Kier molecular flexibility index (Phi) is 6.17. The van der Waals surface area contributed by atoms with Crippen molar-refractivity contribution in [2.45, 2.75) is 46.6 Å². The van der Waals surface area contributed by atoms with E-state index in [1.165, 1.54) is 25.3 Å². The number of benzene rings is 1. The lowest BCUT2D eigenvalue weighted by Gasteiger charge is -2.34. The molecule has 7 heteroatoms. The van der Waals surface area contributed by atoms with Gasteiger partial charge in [-0.25, -0.2) is 0 Å². The fourth-order valence-electron chi connectivity index (χ4n) is 2.66. The van der Waals surface area contributed by atoms with E-state index < -0.39 is 15.9 Å². The monoisotopic (exact) mass is 339 g/mol. The van der Waals surface area contributed by atoms with Gasteiger partial charge in [0.05, 0.1) is 30.1 Å². The number of carbonyl (C=O) groups is 1. The third kappa shape index (κ3) is 5.11. The molecule has 134 valence electrons. The van der Waals surface area contributed by atoms with Crippen molar-refractivity contribution in [2.24, 2.45) is 5.41 Å². The Balaban J connectivity index is 3.03. The largest absolute Gasteiger partial charge is 0.493 e. The summed E-state index contributed by atoms with van der Waals surface area (Å²) in [6.07, 6.45) is 0.366. The van der Waals surface area contributed by atoms with E-state index in [4.69, 9.17) is 14.2 Å². The number of carbonyl (C=O) groups excluding carboxylic acids is 1. The van der Waals surface area contributed by atoms with E-state index in [0.29, 0.717) is 18.8 Å². The number of nitro benzene ring substituents is 1. The van der Waals surface area contributed by atoms with Crippen LogP contribution in [0.3, 0.4) is 0 Å². The van der Waals surface area contributed by atoms with Crippen molar-refractivity contribution in [2.75, 3.05) is 13.7 Å². The smallest absolute Gasteiger partial charge is 0.311 e. The molecule has 0 saturated heterocycles. The summed E-state index contributed by atoms with van der Waals surface area (Å²) in [6.45, 7) is 9.24. The third-order valence-electron chi connectivity index (χ3n) is 3.44. The second kappa shape index (κ2) is 7.51. The topological polar surface area (TPSA) is 87.9 Å². The minimum Gasteiger partial charge on any atom is -0.493 e. The zero-order valence-corrected chi connectivity index (χ0v) is 15.0. The summed E-state index contributed by atoms with van der Waals surface area (Å²) in [4.78, 5) is 22.5. The van der Waals surface area contributed by atoms with Gasteiger partial charge >= 0.3 is 5.97 Å². The Morgan fingerprint density at radius 2 is 1.83 bits per heavy atom. The first-order chi connectivity index (χ1) is 11.0. The predicted octanol–water partition coefficient (Wildman–Crippen LogP) is 3.74. The van der Waals surface area contributed by atoms with E-state index in [-0.39, 0.29) is 17.4 Å². The molecule has 1 aromatic carbocycles. The van der Waals surface area contributed by atoms with Crippen molar-refractivity contribution in [1.29, 1.82) is 0 Å². The molecule has 24 heavy (non-hydrogen) atoms. The highest BCUT2D eigenvalue weighted by atomic mass is 16.6. The van der Waals surface area contributed by atoms with Crippen molar-refractivity contribution < 1.29 is 23.9 Å². The van der Waals surface area contributed by atoms with E-state index in [2.05, 4.69) is 0 Å². The summed E-state index contributed by atoms with van der Waals surface area (Å²) < 4.78 is 16.2. The zero-order chi connectivity index (χ0) is 18.5. The molecule has 7 nitrogen and oxygen atoms in total. The van der Waals surface area contributed by atoms with Crippen LogP contribution in [0, 0.1) is 15.5 Å². The van der Waals surface area contributed by atoms with Gasteiger partial charge in [0.25, 0.3) is 5.69 Å². The molecule has 0 N–H and O–H groups in total. The molecule has 0 aliphatic rings. The second-order valence-electron chi connectivity index (χ2n) is 6.74. The van der Waals surface area contributed by atoms with E-state index in [0.717, 1.165) is 0 Å². The van der Waals surface area contributed by atoms with Crippen molar-refractivity contribution in [1.82, 2.24) is 0 Å². The lowest BCUT2D eigenvalue weighted by molar-refractivity contribution is -0.385. The van der Waals surface area contributed by atoms with Gasteiger partial charge in [0.2, 0.25) is 0 Å². The molecular formula is C17H25NO6. The maximum Gasteiger partial charge on any atom is 0.311 e. The van der Waals surface area contributed by atoms with E-state index in [9.17, 15) is 14.9 Å². The average Bonchev–Trinajstić information content (AvgIpc) is 2.45. The molecule has 0 spiro atoms. The van der Waals surface area contributed by atoms with Crippen LogP contribution in [0.1, 0.15) is 41.0 Å². The Morgan fingerprint density at radius 1 is 1.21 bits per heavy atom. The molecule has 0 unspecified atom stereocenters. The number of nitro groups is 1. The van der Waals surface area contributed by atoms with E-state index in [1.807, 2.05) is 13.8 Å². The Hall–Kier alpha value is -2.31. The van der Waals surface area contributed by atoms with Gasteiger partial charge in [-0.1, -0.05) is 0 Å². The maximum atomic E-state index is 12.1. The molecule has 0 heterocycles. The third-order valence-corrected chi connectivity index (χ3v) is 3.44. The van der Waals surface area contributed by atoms with Crippen LogP contribution in [-0.2, 0) is 9.53 Å². The molecular weight excluding hydrogens is 314 g/mol. The highest BCUT2D eigenvalue weighted by Crippen LogP contribution is 2.37. The number of hydrogen-bond acceptors (Lipinski definition) is 6. The lowest BCUT2D eigenvalue weighted by Crippen LogP contribution is -2.39. The van der Waals surface area contributed by atoms with Crippen LogP contribution in [0.2, 0.25) is 0 Å². The van der Waals surface area contributed by atoms with Crippen LogP contribution in [0.25, 0.3) is 0 Å². The molecule has 0 radical (unpaired) electrons. The van der Waals surface area contributed by atoms with Gasteiger partial charge in [-0.15, -0.1) is 0 Å². The highest BCUT2D eigenvalue weighted by Gasteiger charge is 2.37. The molecule has 1 rings (SSSR count). The number of non-ortho nitro benzene ring substituents is 1. The van der Waals surface area contributed by atoms with Crippen molar-refractivity contribution in [3.63, 3.8) is 0 Å². The number of rotatable bonds is 8. The van der Waals surface area contributed by atoms with Crippen LogP contribution < -0.4 is 9.47 Å². The van der Waals surface area contributed by atoms with Crippen molar-refractivity contribution in [3.8, 4) is 11.5 Å². The Morgan fingerprint density at radius 3 is 2.33 bits per heavy atom. The molecule has 1 aromatic rings. The fraction of sp³-hybridized carbons (Fsp3) is 0.588. The number of nitrogens with zero attached hydrogens (tertiary/aromatic N) is 1.